The van der Waals surface area contributed by atoms with Crippen molar-refractivity contribution < 1.29 is 9.53 Å². The molecule has 0 aromatic heterocycles. The molecule has 16 heavy (non-hydrogen) atoms. The van der Waals surface area contributed by atoms with E-state index in [1.54, 1.807) is 7.11 Å². The molecular formula is C12H16N2O2. The van der Waals surface area contributed by atoms with Crippen LogP contribution in [0.2, 0.25) is 0 Å². The fourth-order valence-corrected chi connectivity index (χ4v) is 1.89. The number of methoxy groups -OCH3 is 1. The van der Waals surface area contributed by atoms with Gasteiger partial charge in [0.15, 0.2) is 5.78 Å². The Morgan fingerprint density at radius 2 is 2.19 bits per heavy atom. The van der Waals surface area contributed by atoms with Gasteiger partial charge in [0.25, 0.3) is 0 Å². The first-order valence-corrected chi connectivity index (χ1v) is 5.41. The number of nitrogens with zero attached hydrogens (tertiary/aromatic N) is 1. The third kappa shape index (κ3) is 2.33. The lowest BCUT2D eigenvalue weighted by Gasteiger charge is -2.23. The third-order valence-electron chi connectivity index (χ3n) is 2.67. The van der Waals surface area contributed by atoms with Gasteiger partial charge in [-0.25, -0.2) is 0 Å². The predicted molar refractivity (Wildman–Crippen MR) is 63.1 cm³/mol. The Hall–Kier alpha value is -1.55. The molecule has 4 heteroatoms. The first-order chi connectivity index (χ1) is 7.81. The van der Waals surface area contributed by atoms with E-state index in [0.717, 1.165) is 24.5 Å². The van der Waals surface area contributed by atoms with E-state index in [1.165, 1.54) is 0 Å². The first-order valence-electron chi connectivity index (χ1n) is 5.41. The molecule has 86 valence electrons. The van der Waals surface area contributed by atoms with Crippen molar-refractivity contribution >= 4 is 11.5 Å². The van der Waals surface area contributed by atoms with Crippen LogP contribution in [0.15, 0.2) is 24.3 Å². The van der Waals surface area contributed by atoms with Crippen molar-refractivity contribution in [2.24, 2.45) is 0 Å². The lowest BCUT2D eigenvalue weighted by molar-refractivity contribution is -0.116. The highest BCUT2D eigenvalue weighted by Crippen LogP contribution is 2.27. The maximum absolute atomic E-state index is 11.5. The minimum absolute atomic E-state index is 0.211. The number of nitrogens with one attached hydrogen (secondary N) is 1. The summed E-state index contributed by atoms with van der Waals surface area (Å²) in [6, 6.07) is 7.79. The van der Waals surface area contributed by atoms with Gasteiger partial charge in [-0.3, -0.25) is 4.79 Å². The average Bonchev–Trinajstić information content (AvgIpc) is 2.54. The summed E-state index contributed by atoms with van der Waals surface area (Å²) in [5.74, 6) is 1.03. The van der Waals surface area contributed by atoms with Gasteiger partial charge < -0.3 is 15.0 Å². The van der Waals surface area contributed by atoms with Gasteiger partial charge >= 0.3 is 0 Å². The smallest absolute Gasteiger partial charge is 0.165 e. The fraction of sp³-hybridized carbons (Fsp3) is 0.417. The highest BCUT2D eigenvalue weighted by atomic mass is 16.5. The number of carbonyl (C=O) groups excluding carboxylic acids is 1. The van der Waals surface area contributed by atoms with E-state index in [0.29, 0.717) is 13.1 Å². The number of ether oxygens (including phenoxy) is 1. The molecule has 1 aliphatic heterocycles. The lowest BCUT2D eigenvalue weighted by atomic mass is 10.2. The van der Waals surface area contributed by atoms with Crippen LogP contribution in [0.25, 0.3) is 0 Å². The van der Waals surface area contributed by atoms with Crippen molar-refractivity contribution in [1.82, 2.24) is 5.32 Å². The van der Waals surface area contributed by atoms with Gasteiger partial charge in [-0.1, -0.05) is 12.1 Å². The van der Waals surface area contributed by atoms with Crippen LogP contribution in [0.4, 0.5) is 5.69 Å². The van der Waals surface area contributed by atoms with Gasteiger partial charge in [0.2, 0.25) is 0 Å². The molecule has 0 amide bonds. The molecule has 0 spiro atoms. The van der Waals surface area contributed by atoms with Crippen LogP contribution in [-0.2, 0) is 4.79 Å². The number of hydrogen-bond donors (Lipinski definition) is 1. The Bertz CT molecular complexity index is 379. The number of para-hydroxylation sites is 2. The molecule has 0 saturated carbocycles. The van der Waals surface area contributed by atoms with Gasteiger partial charge in [-0.2, -0.15) is 0 Å². The van der Waals surface area contributed by atoms with E-state index in [4.69, 9.17) is 4.74 Å². The molecular weight excluding hydrogens is 204 g/mol. The minimum atomic E-state index is 0.211. The Labute approximate surface area is 95.2 Å². The number of hydrogen-bond acceptors (Lipinski definition) is 4. The third-order valence-corrected chi connectivity index (χ3v) is 2.67. The maximum Gasteiger partial charge on any atom is 0.165 e. The summed E-state index contributed by atoms with van der Waals surface area (Å²) in [5, 5.41) is 3.10. The second-order valence-corrected chi connectivity index (χ2v) is 3.81. The molecule has 1 aliphatic rings. The van der Waals surface area contributed by atoms with Gasteiger partial charge in [0, 0.05) is 13.1 Å². The normalized spacial score (nSPS) is 17.1. The van der Waals surface area contributed by atoms with E-state index in [-0.39, 0.29) is 5.78 Å². The van der Waals surface area contributed by atoms with Crippen LogP contribution in [0, 0.1) is 0 Å². The number of ketones is 1. The zero-order chi connectivity index (χ0) is 11.4. The first kappa shape index (κ1) is 11.0. The number of benzene rings is 1. The Morgan fingerprint density at radius 3 is 3.00 bits per heavy atom. The molecule has 4 nitrogen and oxygen atoms in total. The van der Waals surface area contributed by atoms with Crippen LogP contribution < -0.4 is 15.0 Å². The molecule has 0 aliphatic carbocycles. The second kappa shape index (κ2) is 4.99. The van der Waals surface area contributed by atoms with Gasteiger partial charge in [0.05, 0.1) is 25.9 Å². The molecule has 0 unspecified atom stereocenters. The van der Waals surface area contributed by atoms with E-state index in [2.05, 4.69) is 10.2 Å². The Kier molecular flexibility index (Phi) is 3.41. The fourth-order valence-electron chi connectivity index (χ4n) is 1.89. The molecule has 1 fully saturated rings. The zero-order valence-electron chi connectivity index (χ0n) is 9.40. The monoisotopic (exact) mass is 220 g/mol. The molecule has 0 bridgehead atoms. The van der Waals surface area contributed by atoms with Crippen molar-refractivity contribution in [1.29, 1.82) is 0 Å². The number of rotatable bonds is 2. The molecule has 1 aromatic carbocycles. The molecule has 0 atom stereocenters. The summed E-state index contributed by atoms with van der Waals surface area (Å²) in [6.07, 6.45) is 0. The van der Waals surface area contributed by atoms with E-state index < -0.39 is 0 Å². The predicted octanol–water partition coefficient (Wildman–Crippen LogP) is 0.674. The number of anilines is 1. The van der Waals surface area contributed by atoms with Crippen LogP contribution in [0.1, 0.15) is 0 Å². The largest absolute Gasteiger partial charge is 0.495 e. The average molecular weight is 220 g/mol. The number of carbonyl (C=O) groups is 1. The van der Waals surface area contributed by atoms with Crippen LogP contribution in [0.5, 0.6) is 5.75 Å². The van der Waals surface area contributed by atoms with E-state index >= 15 is 0 Å². The highest BCUT2D eigenvalue weighted by molar-refractivity contribution is 5.86. The van der Waals surface area contributed by atoms with E-state index in [9.17, 15) is 4.79 Å². The summed E-state index contributed by atoms with van der Waals surface area (Å²) in [4.78, 5) is 13.6. The van der Waals surface area contributed by atoms with Gasteiger partial charge in [-0.05, 0) is 12.1 Å². The zero-order valence-corrected chi connectivity index (χ0v) is 9.40. The summed E-state index contributed by atoms with van der Waals surface area (Å²) in [5.41, 5.74) is 0.988. The van der Waals surface area contributed by atoms with E-state index in [1.807, 2.05) is 24.3 Å². The van der Waals surface area contributed by atoms with Crippen molar-refractivity contribution in [3.63, 3.8) is 0 Å². The molecule has 1 N–H and O–H groups in total. The van der Waals surface area contributed by atoms with Gasteiger partial charge in [-0.15, -0.1) is 0 Å². The second-order valence-electron chi connectivity index (χ2n) is 3.81. The molecule has 2 rings (SSSR count). The van der Waals surface area contributed by atoms with Crippen molar-refractivity contribution in [3.05, 3.63) is 24.3 Å². The summed E-state index contributed by atoms with van der Waals surface area (Å²) >= 11 is 0. The Balaban J connectivity index is 2.24. The topological polar surface area (TPSA) is 41.6 Å². The summed E-state index contributed by atoms with van der Waals surface area (Å²) < 4.78 is 5.30. The number of Topliss-reactive ketones (excluding diaryl/α,β-unsaturated/α-hetero) is 1. The molecule has 1 heterocycles. The standard InChI is InChI=1S/C12H16N2O2/c1-16-12-5-3-2-4-11(12)14-7-6-13-8-10(15)9-14/h2-5,13H,6-9H2,1H3. The lowest BCUT2D eigenvalue weighted by Crippen LogP contribution is -2.30. The maximum atomic E-state index is 11.5. The summed E-state index contributed by atoms with van der Waals surface area (Å²) in [7, 11) is 1.65. The SMILES string of the molecule is COc1ccccc1N1CCNCC(=O)C1. The van der Waals surface area contributed by atoms with Gasteiger partial charge in [0.1, 0.15) is 5.75 Å². The molecule has 1 aromatic rings. The van der Waals surface area contributed by atoms with Crippen LogP contribution >= 0.6 is 0 Å². The van der Waals surface area contributed by atoms with Crippen molar-refractivity contribution in [3.8, 4) is 5.75 Å². The van der Waals surface area contributed by atoms with Crippen molar-refractivity contribution in [2.75, 3.05) is 38.2 Å². The Morgan fingerprint density at radius 1 is 1.38 bits per heavy atom. The quantitative estimate of drug-likeness (QED) is 0.795. The van der Waals surface area contributed by atoms with Crippen LogP contribution in [-0.4, -0.2) is 39.1 Å². The molecule has 1 saturated heterocycles. The van der Waals surface area contributed by atoms with Crippen LogP contribution in [0.3, 0.4) is 0 Å². The van der Waals surface area contributed by atoms with Crippen molar-refractivity contribution in [2.45, 2.75) is 0 Å². The summed E-state index contributed by atoms with van der Waals surface area (Å²) in [6.45, 7) is 2.56. The minimum Gasteiger partial charge on any atom is -0.495 e. The molecule has 0 radical (unpaired) electrons. The highest BCUT2D eigenvalue weighted by Gasteiger charge is 2.17.